The maximum atomic E-state index is 13.9. The monoisotopic (exact) mass is 349 g/mol. The van der Waals surface area contributed by atoms with E-state index in [0.29, 0.717) is 5.75 Å². The zero-order chi connectivity index (χ0) is 18.6. The Bertz CT molecular complexity index is 564. The first-order chi connectivity index (χ1) is 11.7. The Morgan fingerprint density at radius 1 is 1.20 bits per heavy atom. The van der Waals surface area contributed by atoms with Crippen LogP contribution < -0.4 is 9.64 Å². The van der Waals surface area contributed by atoms with Gasteiger partial charge in [0.25, 0.3) is 0 Å². The highest BCUT2D eigenvalue weighted by Crippen LogP contribution is 2.30. The van der Waals surface area contributed by atoms with Crippen molar-refractivity contribution in [3.63, 3.8) is 0 Å². The van der Waals surface area contributed by atoms with Gasteiger partial charge in [0.05, 0.1) is 0 Å². The van der Waals surface area contributed by atoms with Crippen LogP contribution in [0.2, 0.25) is 0 Å². The summed E-state index contributed by atoms with van der Waals surface area (Å²) in [6.07, 6.45) is 4.92. The van der Waals surface area contributed by atoms with E-state index >= 15 is 0 Å². The molecule has 1 aromatic rings. The summed E-state index contributed by atoms with van der Waals surface area (Å²) in [5.41, 5.74) is -0.552. The summed E-state index contributed by atoms with van der Waals surface area (Å²) in [4.78, 5) is 14.5. The summed E-state index contributed by atoms with van der Waals surface area (Å²) >= 11 is 0. The fraction of sp³-hybridized carbons (Fsp3) is 0.667. The second-order valence-corrected chi connectivity index (χ2v) is 8.03. The Kier molecular flexibility index (Phi) is 6.47. The van der Waals surface area contributed by atoms with E-state index in [1.807, 2.05) is 19.2 Å². The quantitative estimate of drug-likeness (QED) is 0.668. The molecule has 0 aliphatic heterocycles. The number of hydrogen-bond donors (Lipinski definition) is 0. The molecule has 1 fully saturated rings. The standard InChI is InChI=1S/C21H32FNO2/c1-15-7-6-8-17(10-9-15)20(24)23(5)18-11-13-19(14-12-18)25-16(2)21(3,4)22/h11-17H,6-10H2,1-5H3. The van der Waals surface area contributed by atoms with Crippen molar-refractivity contribution in [2.24, 2.45) is 11.8 Å². The first-order valence-corrected chi connectivity index (χ1v) is 9.41. The van der Waals surface area contributed by atoms with Crippen LogP contribution in [0, 0.1) is 11.8 Å². The molecule has 3 unspecified atom stereocenters. The van der Waals surface area contributed by atoms with E-state index in [1.165, 1.54) is 20.3 Å². The summed E-state index contributed by atoms with van der Waals surface area (Å²) < 4.78 is 19.5. The largest absolute Gasteiger partial charge is 0.487 e. The van der Waals surface area contributed by atoms with Crippen LogP contribution in [0.25, 0.3) is 0 Å². The second-order valence-electron chi connectivity index (χ2n) is 8.03. The molecule has 1 aliphatic rings. The number of carbonyl (C=O) groups excluding carboxylic acids is 1. The van der Waals surface area contributed by atoms with Gasteiger partial charge >= 0.3 is 0 Å². The molecule has 0 N–H and O–H groups in total. The Balaban J connectivity index is 1.99. The van der Waals surface area contributed by atoms with Gasteiger partial charge in [-0.05, 0) is 70.2 Å². The molecule has 0 heterocycles. The van der Waals surface area contributed by atoms with Gasteiger partial charge in [0.1, 0.15) is 17.5 Å². The fourth-order valence-electron chi connectivity index (χ4n) is 3.23. The maximum Gasteiger partial charge on any atom is 0.229 e. The molecule has 2 rings (SSSR count). The van der Waals surface area contributed by atoms with Crippen LogP contribution in [-0.2, 0) is 4.79 Å². The summed E-state index contributed by atoms with van der Waals surface area (Å²) in [6, 6.07) is 7.34. The van der Waals surface area contributed by atoms with Gasteiger partial charge in [0, 0.05) is 18.7 Å². The summed E-state index contributed by atoms with van der Waals surface area (Å²) in [5, 5.41) is 0. The third-order valence-electron chi connectivity index (χ3n) is 5.44. The van der Waals surface area contributed by atoms with E-state index in [-0.39, 0.29) is 11.8 Å². The summed E-state index contributed by atoms with van der Waals surface area (Å²) in [7, 11) is 1.83. The van der Waals surface area contributed by atoms with E-state index in [1.54, 1.807) is 24.0 Å². The van der Waals surface area contributed by atoms with Gasteiger partial charge in [-0.1, -0.05) is 19.8 Å². The molecule has 0 radical (unpaired) electrons. The average Bonchev–Trinajstić information content (AvgIpc) is 2.78. The molecule has 0 saturated heterocycles. The summed E-state index contributed by atoms with van der Waals surface area (Å²) in [5.74, 6) is 1.66. The number of rotatable bonds is 5. The van der Waals surface area contributed by atoms with Crippen molar-refractivity contribution in [3.8, 4) is 5.75 Å². The van der Waals surface area contributed by atoms with E-state index in [4.69, 9.17) is 4.74 Å². The van der Waals surface area contributed by atoms with Gasteiger partial charge in [0.15, 0.2) is 0 Å². The lowest BCUT2D eigenvalue weighted by molar-refractivity contribution is -0.122. The highest BCUT2D eigenvalue weighted by molar-refractivity contribution is 5.94. The lowest BCUT2D eigenvalue weighted by Crippen LogP contribution is -2.34. The molecule has 0 bridgehead atoms. The first-order valence-electron chi connectivity index (χ1n) is 9.41. The minimum Gasteiger partial charge on any atom is -0.487 e. The lowest BCUT2D eigenvalue weighted by Gasteiger charge is -2.25. The Morgan fingerprint density at radius 3 is 2.44 bits per heavy atom. The zero-order valence-corrected chi connectivity index (χ0v) is 16.2. The Hall–Kier alpha value is -1.58. The first kappa shape index (κ1) is 19.7. The molecule has 1 saturated carbocycles. The normalized spacial score (nSPS) is 22.8. The van der Waals surface area contributed by atoms with E-state index in [0.717, 1.165) is 37.3 Å². The molecule has 1 amide bonds. The van der Waals surface area contributed by atoms with Crippen molar-refractivity contribution in [3.05, 3.63) is 24.3 Å². The second kappa shape index (κ2) is 8.20. The third kappa shape index (κ3) is 5.45. The van der Waals surface area contributed by atoms with Gasteiger partial charge in [-0.2, -0.15) is 0 Å². The number of halogens is 1. The van der Waals surface area contributed by atoms with Crippen molar-refractivity contribution < 1.29 is 13.9 Å². The van der Waals surface area contributed by atoms with Crippen LogP contribution in [0.5, 0.6) is 5.75 Å². The number of benzene rings is 1. The molecule has 0 spiro atoms. The number of alkyl halides is 1. The molecular weight excluding hydrogens is 317 g/mol. The van der Waals surface area contributed by atoms with Crippen LogP contribution in [0.3, 0.4) is 0 Å². The van der Waals surface area contributed by atoms with Crippen LogP contribution in [0.15, 0.2) is 24.3 Å². The van der Waals surface area contributed by atoms with Crippen LogP contribution >= 0.6 is 0 Å². The lowest BCUT2D eigenvalue weighted by atomic mass is 9.97. The number of amides is 1. The number of anilines is 1. The predicted molar refractivity (Wildman–Crippen MR) is 101 cm³/mol. The highest BCUT2D eigenvalue weighted by atomic mass is 19.1. The van der Waals surface area contributed by atoms with Crippen molar-refractivity contribution >= 4 is 11.6 Å². The molecular formula is C21H32FNO2. The van der Waals surface area contributed by atoms with Gasteiger partial charge in [0.2, 0.25) is 5.91 Å². The smallest absolute Gasteiger partial charge is 0.229 e. The molecule has 0 aromatic heterocycles. The average molecular weight is 349 g/mol. The molecule has 25 heavy (non-hydrogen) atoms. The van der Waals surface area contributed by atoms with Crippen molar-refractivity contribution in [2.75, 3.05) is 11.9 Å². The maximum absolute atomic E-state index is 13.9. The zero-order valence-electron chi connectivity index (χ0n) is 16.2. The minimum atomic E-state index is -1.40. The SMILES string of the molecule is CC1CCCC(C(=O)N(C)c2ccc(OC(C)C(C)(C)F)cc2)CC1. The van der Waals surface area contributed by atoms with Crippen LogP contribution in [0.1, 0.15) is 59.8 Å². The topological polar surface area (TPSA) is 29.5 Å². The van der Waals surface area contributed by atoms with Gasteiger partial charge < -0.3 is 9.64 Å². The molecule has 1 aliphatic carbocycles. The number of carbonyl (C=O) groups is 1. The summed E-state index contributed by atoms with van der Waals surface area (Å²) in [6.45, 7) is 7.00. The van der Waals surface area contributed by atoms with Crippen molar-refractivity contribution in [2.45, 2.75) is 71.6 Å². The van der Waals surface area contributed by atoms with E-state index < -0.39 is 11.8 Å². The van der Waals surface area contributed by atoms with E-state index in [9.17, 15) is 9.18 Å². The van der Waals surface area contributed by atoms with E-state index in [2.05, 4.69) is 6.92 Å². The van der Waals surface area contributed by atoms with Crippen LogP contribution in [-0.4, -0.2) is 24.7 Å². The predicted octanol–water partition coefficient (Wildman–Crippen LogP) is 5.38. The van der Waals surface area contributed by atoms with Crippen molar-refractivity contribution in [1.82, 2.24) is 0 Å². The minimum absolute atomic E-state index is 0.123. The Labute approximate surface area is 151 Å². The molecule has 3 nitrogen and oxygen atoms in total. The molecule has 1 aromatic carbocycles. The molecule has 4 heteroatoms. The number of hydrogen-bond acceptors (Lipinski definition) is 2. The highest BCUT2D eigenvalue weighted by Gasteiger charge is 2.27. The van der Waals surface area contributed by atoms with Crippen LogP contribution in [0.4, 0.5) is 10.1 Å². The molecule has 140 valence electrons. The van der Waals surface area contributed by atoms with Gasteiger partial charge in [-0.3, -0.25) is 4.79 Å². The Morgan fingerprint density at radius 2 is 1.84 bits per heavy atom. The third-order valence-corrected chi connectivity index (χ3v) is 5.44. The fourth-order valence-corrected chi connectivity index (χ4v) is 3.23. The van der Waals surface area contributed by atoms with Gasteiger partial charge in [-0.25, -0.2) is 4.39 Å². The van der Waals surface area contributed by atoms with Crippen molar-refractivity contribution in [1.29, 1.82) is 0 Å². The number of nitrogens with zero attached hydrogens (tertiary/aromatic N) is 1. The van der Waals surface area contributed by atoms with Gasteiger partial charge in [-0.15, -0.1) is 0 Å². The molecule has 3 atom stereocenters. The number of ether oxygens (including phenoxy) is 1.